The number of hydrogen-bond acceptors (Lipinski definition) is 3. The third-order valence-electron chi connectivity index (χ3n) is 3.32. The molecule has 1 saturated heterocycles. The Morgan fingerprint density at radius 2 is 2.22 bits per heavy atom. The molecule has 1 aliphatic rings. The lowest BCUT2D eigenvalue weighted by Gasteiger charge is -2.29. The van der Waals surface area contributed by atoms with Gasteiger partial charge in [0.25, 0.3) is 5.91 Å². The topological polar surface area (TPSA) is 53.7 Å². The summed E-state index contributed by atoms with van der Waals surface area (Å²) in [5.41, 5.74) is 0.721. The first-order valence-electron chi connectivity index (χ1n) is 6.20. The number of β-amino-alcohol motifs (C(OH)–C–C–N with tert-alkyl or cyclic N) is 1. The van der Waals surface area contributed by atoms with Crippen molar-refractivity contribution in [3.8, 4) is 0 Å². The van der Waals surface area contributed by atoms with Crippen LogP contribution in [-0.4, -0.2) is 35.1 Å². The molecule has 1 N–H and O–H groups in total. The molecule has 1 aromatic carbocycles. The minimum atomic E-state index is -0.410. The molecular formula is C14H15NO3. The molecule has 94 valence electrons. The van der Waals surface area contributed by atoms with Crippen LogP contribution in [0.1, 0.15) is 23.4 Å². The van der Waals surface area contributed by atoms with E-state index in [2.05, 4.69) is 0 Å². The minimum Gasteiger partial charge on any atom is -0.451 e. The molecule has 0 radical (unpaired) electrons. The number of amides is 1. The molecule has 4 heteroatoms. The summed E-state index contributed by atoms with van der Waals surface area (Å²) < 4.78 is 5.55. The van der Waals surface area contributed by atoms with Gasteiger partial charge in [-0.3, -0.25) is 4.79 Å². The second-order valence-electron chi connectivity index (χ2n) is 4.70. The Labute approximate surface area is 105 Å². The lowest BCUT2D eigenvalue weighted by molar-refractivity contribution is 0.0450. The maximum Gasteiger partial charge on any atom is 0.289 e. The minimum absolute atomic E-state index is 0.134. The van der Waals surface area contributed by atoms with E-state index in [9.17, 15) is 9.90 Å². The Kier molecular flexibility index (Phi) is 2.80. The summed E-state index contributed by atoms with van der Waals surface area (Å²) in [5.74, 6) is 0.218. The van der Waals surface area contributed by atoms with E-state index in [4.69, 9.17) is 4.42 Å². The maximum absolute atomic E-state index is 12.2. The number of carbonyl (C=O) groups is 1. The zero-order valence-electron chi connectivity index (χ0n) is 10.0. The van der Waals surface area contributed by atoms with Gasteiger partial charge in [-0.1, -0.05) is 18.2 Å². The Balaban J connectivity index is 1.87. The predicted molar refractivity (Wildman–Crippen MR) is 67.4 cm³/mol. The number of rotatable bonds is 1. The van der Waals surface area contributed by atoms with Gasteiger partial charge in [-0.15, -0.1) is 0 Å². The van der Waals surface area contributed by atoms with Crippen LogP contribution in [0.15, 0.2) is 34.7 Å². The summed E-state index contributed by atoms with van der Waals surface area (Å²) in [4.78, 5) is 13.9. The molecule has 1 unspecified atom stereocenters. The molecule has 2 aromatic rings. The SMILES string of the molecule is O=C(c1cc2ccccc2o1)N1CCCC(O)C1. The fourth-order valence-electron chi connectivity index (χ4n) is 2.38. The average molecular weight is 245 g/mol. The van der Waals surface area contributed by atoms with Gasteiger partial charge >= 0.3 is 0 Å². The van der Waals surface area contributed by atoms with Gasteiger partial charge in [0.2, 0.25) is 0 Å². The molecule has 2 heterocycles. The fourth-order valence-corrected chi connectivity index (χ4v) is 2.38. The molecule has 1 aliphatic heterocycles. The van der Waals surface area contributed by atoms with E-state index in [0.717, 1.165) is 23.8 Å². The van der Waals surface area contributed by atoms with Crippen LogP contribution in [0, 0.1) is 0 Å². The van der Waals surface area contributed by atoms with Crippen molar-refractivity contribution in [3.63, 3.8) is 0 Å². The van der Waals surface area contributed by atoms with Crippen molar-refractivity contribution in [3.05, 3.63) is 36.1 Å². The van der Waals surface area contributed by atoms with Crippen LogP contribution in [-0.2, 0) is 0 Å². The number of benzene rings is 1. The molecule has 0 spiro atoms. The third kappa shape index (κ3) is 1.99. The van der Waals surface area contributed by atoms with E-state index < -0.39 is 6.10 Å². The van der Waals surface area contributed by atoms with Gasteiger partial charge in [0.1, 0.15) is 5.58 Å². The van der Waals surface area contributed by atoms with Crippen LogP contribution in [0.4, 0.5) is 0 Å². The summed E-state index contributed by atoms with van der Waals surface area (Å²) in [6.07, 6.45) is 1.20. The van der Waals surface area contributed by atoms with Gasteiger partial charge in [0.05, 0.1) is 6.10 Å². The Hall–Kier alpha value is -1.81. The Morgan fingerprint density at radius 1 is 1.39 bits per heavy atom. The molecule has 1 fully saturated rings. The first-order valence-corrected chi connectivity index (χ1v) is 6.20. The van der Waals surface area contributed by atoms with Gasteiger partial charge in [0.15, 0.2) is 5.76 Å². The number of carbonyl (C=O) groups excluding carboxylic acids is 1. The average Bonchev–Trinajstić information content (AvgIpc) is 2.81. The number of para-hydroxylation sites is 1. The highest BCUT2D eigenvalue weighted by Crippen LogP contribution is 2.21. The van der Waals surface area contributed by atoms with E-state index in [-0.39, 0.29) is 5.91 Å². The zero-order valence-corrected chi connectivity index (χ0v) is 10.0. The molecule has 1 amide bonds. The molecule has 0 bridgehead atoms. The van der Waals surface area contributed by atoms with Crippen molar-refractivity contribution in [2.45, 2.75) is 18.9 Å². The number of fused-ring (bicyclic) bond motifs is 1. The number of aliphatic hydroxyl groups excluding tert-OH is 1. The van der Waals surface area contributed by atoms with Crippen LogP contribution in [0.2, 0.25) is 0 Å². The summed E-state index contributed by atoms with van der Waals surface area (Å²) in [5, 5.41) is 10.5. The number of aliphatic hydroxyl groups is 1. The number of hydrogen-bond donors (Lipinski definition) is 1. The van der Waals surface area contributed by atoms with Gasteiger partial charge in [-0.05, 0) is 25.0 Å². The smallest absolute Gasteiger partial charge is 0.289 e. The third-order valence-corrected chi connectivity index (χ3v) is 3.32. The molecule has 3 rings (SSSR count). The fraction of sp³-hybridized carbons (Fsp3) is 0.357. The normalized spacial score (nSPS) is 20.3. The standard InChI is InChI=1S/C14H15NO3/c16-11-5-3-7-15(9-11)14(17)13-8-10-4-1-2-6-12(10)18-13/h1-2,4,6,8,11,16H,3,5,7,9H2. The number of furan rings is 1. The summed E-state index contributed by atoms with van der Waals surface area (Å²) in [7, 11) is 0. The maximum atomic E-state index is 12.2. The molecule has 1 atom stereocenters. The lowest BCUT2D eigenvalue weighted by Crippen LogP contribution is -2.42. The molecule has 1 aromatic heterocycles. The number of piperidine rings is 1. The quantitative estimate of drug-likeness (QED) is 0.836. The predicted octanol–water partition coefficient (Wildman–Crippen LogP) is 2.03. The lowest BCUT2D eigenvalue weighted by atomic mass is 10.1. The Morgan fingerprint density at radius 3 is 3.00 bits per heavy atom. The molecule has 0 aliphatic carbocycles. The van der Waals surface area contributed by atoms with Gasteiger partial charge in [0, 0.05) is 18.5 Å². The van der Waals surface area contributed by atoms with Gasteiger partial charge in [-0.2, -0.15) is 0 Å². The van der Waals surface area contributed by atoms with E-state index in [0.29, 0.717) is 18.8 Å². The van der Waals surface area contributed by atoms with E-state index in [1.165, 1.54) is 0 Å². The summed E-state index contributed by atoms with van der Waals surface area (Å²) in [6, 6.07) is 9.32. The molecule has 4 nitrogen and oxygen atoms in total. The number of likely N-dealkylation sites (tertiary alicyclic amines) is 1. The first-order chi connectivity index (χ1) is 8.74. The first kappa shape index (κ1) is 11.3. The van der Waals surface area contributed by atoms with Crippen molar-refractivity contribution >= 4 is 16.9 Å². The molecule has 0 saturated carbocycles. The van der Waals surface area contributed by atoms with Crippen molar-refractivity contribution in [2.24, 2.45) is 0 Å². The molecule has 18 heavy (non-hydrogen) atoms. The van der Waals surface area contributed by atoms with Crippen molar-refractivity contribution < 1.29 is 14.3 Å². The summed E-state index contributed by atoms with van der Waals surface area (Å²) in [6.45, 7) is 1.09. The van der Waals surface area contributed by atoms with Crippen molar-refractivity contribution in [1.82, 2.24) is 4.90 Å². The van der Waals surface area contributed by atoms with E-state index in [1.807, 2.05) is 24.3 Å². The van der Waals surface area contributed by atoms with Gasteiger partial charge in [-0.25, -0.2) is 0 Å². The van der Waals surface area contributed by atoms with Crippen LogP contribution in [0.25, 0.3) is 11.0 Å². The largest absolute Gasteiger partial charge is 0.451 e. The van der Waals surface area contributed by atoms with Crippen LogP contribution in [0.5, 0.6) is 0 Å². The van der Waals surface area contributed by atoms with Crippen LogP contribution in [0.3, 0.4) is 0 Å². The highest BCUT2D eigenvalue weighted by Gasteiger charge is 2.25. The van der Waals surface area contributed by atoms with Gasteiger partial charge < -0.3 is 14.4 Å². The molecular weight excluding hydrogens is 230 g/mol. The highest BCUT2D eigenvalue weighted by atomic mass is 16.3. The second kappa shape index (κ2) is 4.46. The van der Waals surface area contributed by atoms with E-state index >= 15 is 0 Å². The highest BCUT2D eigenvalue weighted by molar-refractivity contribution is 5.96. The zero-order chi connectivity index (χ0) is 12.5. The van der Waals surface area contributed by atoms with E-state index in [1.54, 1.807) is 11.0 Å². The monoisotopic (exact) mass is 245 g/mol. The van der Waals surface area contributed by atoms with Crippen molar-refractivity contribution in [1.29, 1.82) is 0 Å². The van der Waals surface area contributed by atoms with Crippen LogP contribution >= 0.6 is 0 Å². The van der Waals surface area contributed by atoms with Crippen molar-refractivity contribution in [2.75, 3.05) is 13.1 Å². The number of nitrogens with zero attached hydrogens (tertiary/aromatic N) is 1. The Bertz CT molecular complexity index is 542. The van der Waals surface area contributed by atoms with Crippen LogP contribution < -0.4 is 0 Å². The summed E-state index contributed by atoms with van der Waals surface area (Å²) >= 11 is 0. The second-order valence-corrected chi connectivity index (χ2v) is 4.70.